The molecule has 0 bridgehead atoms. The number of likely N-dealkylation sites (tertiary alicyclic amines) is 1. The second kappa shape index (κ2) is 6.42. The minimum atomic E-state index is 0.00664. The first-order valence-electron chi connectivity index (χ1n) is 8.00. The van der Waals surface area contributed by atoms with E-state index in [1.807, 2.05) is 19.1 Å². The Balaban J connectivity index is 1.74. The number of hydrogen-bond donors (Lipinski definition) is 3. The van der Waals surface area contributed by atoms with Crippen molar-refractivity contribution in [2.45, 2.75) is 32.7 Å². The van der Waals surface area contributed by atoms with Crippen molar-refractivity contribution < 1.29 is 9.69 Å². The quantitative estimate of drug-likeness (QED) is 0.763. The predicted octanol–water partition coefficient (Wildman–Crippen LogP) is 2.04. The monoisotopic (exact) mass is 364 g/mol. The Morgan fingerprint density at radius 3 is 3.09 bits per heavy atom. The van der Waals surface area contributed by atoms with E-state index in [4.69, 9.17) is 0 Å². The molecule has 1 fully saturated rings. The number of fused-ring (bicyclic) bond motifs is 1. The number of rotatable bonds is 4. The first-order chi connectivity index (χ1) is 10.6. The van der Waals surface area contributed by atoms with Crippen LogP contribution in [0.5, 0.6) is 0 Å². The van der Waals surface area contributed by atoms with E-state index >= 15 is 0 Å². The molecule has 1 saturated heterocycles. The van der Waals surface area contributed by atoms with Gasteiger partial charge >= 0.3 is 0 Å². The predicted molar refractivity (Wildman–Crippen MR) is 92.5 cm³/mol. The third kappa shape index (κ3) is 2.92. The highest BCUT2D eigenvalue weighted by Crippen LogP contribution is 2.25. The van der Waals surface area contributed by atoms with Gasteiger partial charge < -0.3 is 15.2 Å². The van der Waals surface area contributed by atoms with E-state index < -0.39 is 0 Å². The number of amides is 1. The molecule has 1 unspecified atom stereocenters. The third-order valence-corrected chi connectivity index (χ3v) is 5.33. The first kappa shape index (κ1) is 15.6. The van der Waals surface area contributed by atoms with E-state index in [1.165, 1.54) is 19.4 Å². The van der Waals surface area contributed by atoms with Gasteiger partial charge in [-0.15, -0.1) is 0 Å². The lowest BCUT2D eigenvalue weighted by Crippen LogP contribution is -3.14. The van der Waals surface area contributed by atoms with Crippen LogP contribution in [0.3, 0.4) is 0 Å². The van der Waals surface area contributed by atoms with Crippen LogP contribution < -0.4 is 10.2 Å². The Morgan fingerprint density at radius 1 is 1.50 bits per heavy atom. The number of aromatic amines is 1. The average Bonchev–Trinajstić information content (AvgIpc) is 3.10. The van der Waals surface area contributed by atoms with Gasteiger partial charge in [-0.3, -0.25) is 4.79 Å². The molecule has 1 aliphatic heterocycles. The molecule has 0 spiro atoms. The van der Waals surface area contributed by atoms with Gasteiger partial charge in [0.25, 0.3) is 5.91 Å². The Labute approximate surface area is 139 Å². The summed E-state index contributed by atoms with van der Waals surface area (Å²) in [4.78, 5) is 17.4. The van der Waals surface area contributed by atoms with E-state index in [-0.39, 0.29) is 5.91 Å². The molecule has 0 saturated carbocycles. The number of aromatic nitrogens is 1. The van der Waals surface area contributed by atoms with Crippen LogP contribution in [0.15, 0.2) is 22.7 Å². The largest absolute Gasteiger partial charge is 0.350 e. The zero-order chi connectivity index (χ0) is 15.7. The molecule has 2 atom stereocenters. The number of carbonyl (C=O) groups is 1. The molecular formula is C17H23BrN3O+. The van der Waals surface area contributed by atoms with Crippen LogP contribution in [0.4, 0.5) is 0 Å². The molecule has 0 aliphatic carbocycles. The summed E-state index contributed by atoms with van der Waals surface area (Å²) >= 11 is 3.49. The number of halogens is 1. The van der Waals surface area contributed by atoms with Crippen molar-refractivity contribution in [1.29, 1.82) is 0 Å². The highest BCUT2D eigenvalue weighted by molar-refractivity contribution is 9.10. The van der Waals surface area contributed by atoms with Gasteiger partial charge in [0.2, 0.25) is 0 Å². The third-order valence-electron chi connectivity index (χ3n) is 4.84. The minimum absolute atomic E-state index is 0.00664. The van der Waals surface area contributed by atoms with Crippen LogP contribution in [0, 0.1) is 6.92 Å². The van der Waals surface area contributed by atoms with Crippen LogP contribution in [-0.2, 0) is 0 Å². The Bertz CT molecular complexity index is 695. The Morgan fingerprint density at radius 2 is 2.32 bits per heavy atom. The smallest absolute Gasteiger partial charge is 0.268 e. The number of carbonyl (C=O) groups excluding carboxylic acids is 1. The van der Waals surface area contributed by atoms with E-state index in [0.717, 1.165) is 34.0 Å². The maximum absolute atomic E-state index is 12.5. The van der Waals surface area contributed by atoms with Gasteiger partial charge in [-0.25, -0.2) is 0 Å². The van der Waals surface area contributed by atoms with Gasteiger partial charge in [-0.1, -0.05) is 15.9 Å². The van der Waals surface area contributed by atoms with Crippen LogP contribution >= 0.6 is 15.9 Å². The van der Waals surface area contributed by atoms with Crippen molar-refractivity contribution in [3.8, 4) is 0 Å². The lowest BCUT2D eigenvalue weighted by Gasteiger charge is -2.20. The van der Waals surface area contributed by atoms with E-state index in [1.54, 1.807) is 4.90 Å². The number of likely N-dealkylation sites (N-methyl/N-ethyl adjacent to an activating group) is 1. The summed E-state index contributed by atoms with van der Waals surface area (Å²) < 4.78 is 1.03. The Kier molecular flexibility index (Phi) is 4.54. The van der Waals surface area contributed by atoms with Gasteiger partial charge in [0.05, 0.1) is 19.6 Å². The van der Waals surface area contributed by atoms with E-state index in [0.29, 0.717) is 11.7 Å². The molecule has 22 heavy (non-hydrogen) atoms. The molecule has 5 heteroatoms. The lowest BCUT2D eigenvalue weighted by molar-refractivity contribution is -0.909. The number of quaternary nitrogens is 1. The lowest BCUT2D eigenvalue weighted by atomic mass is 10.1. The van der Waals surface area contributed by atoms with Crippen molar-refractivity contribution >= 4 is 32.7 Å². The van der Waals surface area contributed by atoms with E-state index in [9.17, 15) is 4.79 Å². The fraction of sp³-hybridized carbons (Fsp3) is 0.471. The van der Waals surface area contributed by atoms with Crippen molar-refractivity contribution in [3.05, 3.63) is 33.9 Å². The zero-order valence-electron chi connectivity index (χ0n) is 13.1. The molecule has 1 aromatic carbocycles. The molecule has 118 valence electrons. The number of benzene rings is 1. The Hall–Kier alpha value is -1.33. The van der Waals surface area contributed by atoms with Crippen molar-refractivity contribution in [2.24, 2.45) is 0 Å². The SMILES string of the molecule is CC[NH+]1CCC[C@@H]1CNC(=O)c1[nH]c2ccc(Br)cc2c1C. The van der Waals surface area contributed by atoms with E-state index in [2.05, 4.69) is 39.2 Å². The summed E-state index contributed by atoms with van der Waals surface area (Å²) in [6.07, 6.45) is 2.48. The summed E-state index contributed by atoms with van der Waals surface area (Å²) in [6, 6.07) is 6.61. The standard InChI is InChI=1S/C17H22BrN3O/c1-3-21-8-4-5-13(21)10-19-17(22)16-11(2)14-9-12(18)6-7-15(14)20-16/h6-7,9,13,20H,3-5,8,10H2,1-2H3,(H,19,22)/p+1/t13-/m1/s1. The molecule has 1 aliphatic rings. The van der Waals surface area contributed by atoms with Gasteiger partial charge in [0, 0.05) is 28.2 Å². The summed E-state index contributed by atoms with van der Waals surface area (Å²) in [5.41, 5.74) is 2.71. The summed E-state index contributed by atoms with van der Waals surface area (Å²) in [7, 11) is 0. The molecule has 0 radical (unpaired) electrons. The summed E-state index contributed by atoms with van der Waals surface area (Å²) in [5, 5.41) is 4.22. The molecule has 4 nitrogen and oxygen atoms in total. The highest BCUT2D eigenvalue weighted by atomic mass is 79.9. The molecule has 3 N–H and O–H groups in total. The number of hydrogen-bond acceptors (Lipinski definition) is 1. The van der Waals surface area contributed by atoms with Gasteiger partial charge in [-0.05, 0) is 37.6 Å². The average molecular weight is 365 g/mol. The minimum Gasteiger partial charge on any atom is -0.350 e. The molecule has 2 aromatic rings. The van der Waals surface area contributed by atoms with Crippen LogP contribution in [-0.4, -0.2) is 36.6 Å². The van der Waals surface area contributed by atoms with Crippen LogP contribution in [0.25, 0.3) is 10.9 Å². The van der Waals surface area contributed by atoms with Crippen molar-refractivity contribution in [2.75, 3.05) is 19.6 Å². The fourth-order valence-electron chi connectivity index (χ4n) is 3.53. The zero-order valence-corrected chi connectivity index (χ0v) is 14.7. The topological polar surface area (TPSA) is 49.3 Å². The van der Waals surface area contributed by atoms with Gasteiger partial charge in [0.1, 0.15) is 11.7 Å². The summed E-state index contributed by atoms with van der Waals surface area (Å²) in [6.45, 7) is 7.35. The van der Waals surface area contributed by atoms with Gasteiger partial charge in [-0.2, -0.15) is 0 Å². The fourth-order valence-corrected chi connectivity index (χ4v) is 3.89. The molecule has 2 heterocycles. The second-order valence-electron chi connectivity index (χ2n) is 6.13. The van der Waals surface area contributed by atoms with Gasteiger partial charge in [0.15, 0.2) is 0 Å². The molecule has 1 aromatic heterocycles. The number of aryl methyl sites for hydroxylation is 1. The highest BCUT2D eigenvalue weighted by Gasteiger charge is 2.27. The van der Waals surface area contributed by atoms with Crippen molar-refractivity contribution in [1.82, 2.24) is 10.3 Å². The number of H-pyrrole nitrogens is 1. The molecule has 1 amide bonds. The molecule has 3 rings (SSSR count). The van der Waals surface area contributed by atoms with Crippen LogP contribution in [0.2, 0.25) is 0 Å². The normalized spacial score (nSPS) is 21.4. The maximum Gasteiger partial charge on any atom is 0.268 e. The first-order valence-corrected chi connectivity index (χ1v) is 8.80. The maximum atomic E-state index is 12.5. The van der Waals surface area contributed by atoms with Crippen molar-refractivity contribution in [3.63, 3.8) is 0 Å². The van der Waals surface area contributed by atoms with Crippen LogP contribution in [0.1, 0.15) is 35.8 Å². The number of nitrogens with one attached hydrogen (secondary N) is 3. The second-order valence-corrected chi connectivity index (χ2v) is 7.04. The molecular weight excluding hydrogens is 342 g/mol. The summed E-state index contributed by atoms with van der Waals surface area (Å²) in [5.74, 6) is 0.00664.